The molecule has 6 nitrogen and oxygen atoms in total. The first-order valence-corrected chi connectivity index (χ1v) is 6.04. The lowest BCUT2D eigenvalue weighted by molar-refractivity contribution is -0.275. The van der Waals surface area contributed by atoms with Crippen LogP contribution in [0.15, 0.2) is 0 Å². The molecule has 1 heterocycles. The first-order chi connectivity index (χ1) is 8.36. The van der Waals surface area contributed by atoms with E-state index in [-0.39, 0.29) is 12.0 Å². The minimum atomic E-state index is -1.28. The fraction of sp³-hybridized carbons (Fsp3) is 0.833. The van der Waals surface area contributed by atoms with Crippen LogP contribution in [0.3, 0.4) is 0 Å². The quantitative estimate of drug-likeness (QED) is 0.749. The summed E-state index contributed by atoms with van der Waals surface area (Å²) in [5, 5.41) is 9.83. The molecular formula is C12H20O6. The van der Waals surface area contributed by atoms with Crippen molar-refractivity contribution < 1.29 is 28.9 Å². The van der Waals surface area contributed by atoms with E-state index in [4.69, 9.17) is 14.2 Å². The Kier molecular flexibility index (Phi) is 5.10. The third-order valence-electron chi connectivity index (χ3n) is 3.03. The molecule has 0 saturated carbocycles. The van der Waals surface area contributed by atoms with Gasteiger partial charge in [-0.1, -0.05) is 13.8 Å². The Bertz CT molecular complexity index is 316. The Labute approximate surface area is 106 Å². The number of carbonyl (C=O) groups excluding carboxylic acids is 2. The summed E-state index contributed by atoms with van der Waals surface area (Å²) in [7, 11) is 0. The number of ether oxygens (including phenoxy) is 3. The maximum Gasteiger partial charge on any atom is 0.303 e. The van der Waals surface area contributed by atoms with Gasteiger partial charge in [0.2, 0.25) is 0 Å². The highest BCUT2D eigenvalue weighted by Gasteiger charge is 2.46. The molecule has 0 radical (unpaired) electrons. The Hall–Kier alpha value is -1.14. The van der Waals surface area contributed by atoms with Crippen LogP contribution in [0.25, 0.3) is 0 Å². The van der Waals surface area contributed by atoms with Crippen molar-refractivity contribution in [2.75, 3.05) is 0 Å². The van der Waals surface area contributed by atoms with Crippen molar-refractivity contribution in [3.8, 4) is 0 Å². The van der Waals surface area contributed by atoms with Crippen molar-refractivity contribution in [1.29, 1.82) is 0 Å². The molecule has 1 rings (SSSR count). The van der Waals surface area contributed by atoms with Crippen LogP contribution in [0.1, 0.15) is 34.1 Å². The van der Waals surface area contributed by atoms with Crippen LogP contribution in [-0.4, -0.2) is 41.6 Å². The molecule has 0 aliphatic carbocycles. The van der Waals surface area contributed by atoms with E-state index in [0.29, 0.717) is 6.42 Å². The number of aliphatic hydroxyl groups excluding tert-OH is 1. The van der Waals surface area contributed by atoms with Gasteiger partial charge in [0.1, 0.15) is 6.10 Å². The average molecular weight is 260 g/mol. The molecular weight excluding hydrogens is 240 g/mol. The van der Waals surface area contributed by atoms with E-state index >= 15 is 0 Å². The third-order valence-corrected chi connectivity index (χ3v) is 3.03. The zero-order chi connectivity index (χ0) is 13.9. The molecule has 1 N–H and O–H groups in total. The molecule has 1 aliphatic heterocycles. The minimum Gasteiger partial charge on any atom is -0.458 e. The molecule has 1 fully saturated rings. The van der Waals surface area contributed by atoms with Gasteiger partial charge in [-0.2, -0.15) is 0 Å². The normalized spacial score (nSPS) is 35.9. The average Bonchev–Trinajstić information content (AvgIpc) is 2.27. The van der Waals surface area contributed by atoms with Gasteiger partial charge in [-0.25, -0.2) is 0 Å². The van der Waals surface area contributed by atoms with Crippen molar-refractivity contribution in [3.63, 3.8) is 0 Å². The first-order valence-electron chi connectivity index (χ1n) is 6.04. The molecule has 1 saturated heterocycles. The van der Waals surface area contributed by atoms with E-state index in [0.717, 1.165) is 0 Å². The number of hydrogen-bond acceptors (Lipinski definition) is 6. The monoisotopic (exact) mass is 260 g/mol. The standard InChI is InChI=1S/C12H20O6/c1-5-9-6(2)10(16-7(3)13)11(12(15)18-9)17-8(4)14/h6,9-12,15H,5H2,1-4H3/t6-,9-,10+,11+,12?/m1/s1. The number of rotatable bonds is 3. The van der Waals surface area contributed by atoms with Crippen LogP contribution in [0.2, 0.25) is 0 Å². The van der Waals surface area contributed by atoms with Gasteiger partial charge in [-0.3, -0.25) is 9.59 Å². The fourth-order valence-corrected chi connectivity index (χ4v) is 2.20. The number of aliphatic hydroxyl groups is 1. The van der Waals surface area contributed by atoms with Crippen molar-refractivity contribution in [2.24, 2.45) is 5.92 Å². The van der Waals surface area contributed by atoms with Crippen molar-refractivity contribution in [2.45, 2.75) is 58.7 Å². The van der Waals surface area contributed by atoms with Crippen LogP contribution in [0.4, 0.5) is 0 Å². The maximum atomic E-state index is 11.1. The van der Waals surface area contributed by atoms with Crippen LogP contribution in [0.5, 0.6) is 0 Å². The van der Waals surface area contributed by atoms with Crippen molar-refractivity contribution in [3.05, 3.63) is 0 Å². The third kappa shape index (κ3) is 3.43. The van der Waals surface area contributed by atoms with Gasteiger partial charge >= 0.3 is 11.9 Å². The summed E-state index contributed by atoms with van der Waals surface area (Å²) in [6.07, 6.45) is -2.53. The molecule has 0 aromatic rings. The Morgan fingerprint density at radius 1 is 1.17 bits per heavy atom. The Balaban J connectivity index is 2.89. The van der Waals surface area contributed by atoms with Gasteiger partial charge in [0.15, 0.2) is 12.4 Å². The lowest BCUT2D eigenvalue weighted by Gasteiger charge is -2.42. The second-order valence-corrected chi connectivity index (χ2v) is 4.48. The molecule has 0 aromatic heterocycles. The summed E-state index contributed by atoms with van der Waals surface area (Å²) in [4.78, 5) is 22.1. The van der Waals surface area contributed by atoms with Gasteiger partial charge in [0.05, 0.1) is 6.10 Å². The highest BCUT2D eigenvalue weighted by atomic mass is 16.7. The predicted octanol–water partition coefficient (Wildman–Crippen LogP) is 0.613. The molecule has 18 heavy (non-hydrogen) atoms. The summed E-state index contributed by atoms with van der Waals surface area (Å²) in [5.41, 5.74) is 0. The van der Waals surface area contributed by atoms with Gasteiger partial charge < -0.3 is 19.3 Å². The predicted molar refractivity (Wildman–Crippen MR) is 61.4 cm³/mol. The molecule has 5 atom stereocenters. The molecule has 0 amide bonds. The van der Waals surface area contributed by atoms with Gasteiger partial charge in [-0.05, 0) is 6.42 Å². The lowest BCUT2D eigenvalue weighted by atomic mass is 9.89. The second kappa shape index (κ2) is 6.15. The van der Waals surface area contributed by atoms with Crippen LogP contribution >= 0.6 is 0 Å². The Morgan fingerprint density at radius 2 is 1.67 bits per heavy atom. The zero-order valence-corrected chi connectivity index (χ0v) is 11.1. The molecule has 0 bridgehead atoms. The number of esters is 2. The summed E-state index contributed by atoms with van der Waals surface area (Å²) < 4.78 is 15.5. The van der Waals surface area contributed by atoms with Crippen LogP contribution < -0.4 is 0 Å². The summed E-state index contributed by atoms with van der Waals surface area (Å²) in [5.74, 6) is -1.19. The molecule has 0 spiro atoms. The topological polar surface area (TPSA) is 82.1 Å². The highest BCUT2D eigenvalue weighted by Crippen LogP contribution is 2.30. The lowest BCUT2D eigenvalue weighted by Crippen LogP contribution is -2.56. The number of carbonyl (C=O) groups is 2. The molecule has 1 aliphatic rings. The first kappa shape index (κ1) is 14.9. The van der Waals surface area contributed by atoms with Crippen LogP contribution in [-0.2, 0) is 23.8 Å². The van der Waals surface area contributed by atoms with Crippen molar-refractivity contribution >= 4 is 11.9 Å². The molecule has 6 heteroatoms. The van der Waals surface area contributed by atoms with E-state index in [1.165, 1.54) is 13.8 Å². The van der Waals surface area contributed by atoms with Crippen LogP contribution in [0, 0.1) is 5.92 Å². The van der Waals surface area contributed by atoms with Gasteiger partial charge in [0.25, 0.3) is 0 Å². The van der Waals surface area contributed by atoms with E-state index in [1.54, 1.807) is 0 Å². The zero-order valence-electron chi connectivity index (χ0n) is 11.1. The van der Waals surface area contributed by atoms with E-state index < -0.39 is 30.4 Å². The smallest absolute Gasteiger partial charge is 0.303 e. The van der Waals surface area contributed by atoms with E-state index in [9.17, 15) is 14.7 Å². The summed E-state index contributed by atoms with van der Waals surface area (Å²) >= 11 is 0. The van der Waals surface area contributed by atoms with E-state index in [2.05, 4.69) is 0 Å². The molecule has 104 valence electrons. The molecule has 0 aromatic carbocycles. The van der Waals surface area contributed by atoms with Gasteiger partial charge in [-0.15, -0.1) is 0 Å². The number of hydrogen-bond donors (Lipinski definition) is 1. The second-order valence-electron chi connectivity index (χ2n) is 4.48. The van der Waals surface area contributed by atoms with Gasteiger partial charge in [0, 0.05) is 19.8 Å². The van der Waals surface area contributed by atoms with E-state index in [1.807, 2.05) is 13.8 Å². The molecule has 1 unspecified atom stereocenters. The largest absolute Gasteiger partial charge is 0.458 e. The SMILES string of the molecule is CC[C@H]1OC(O)[C@@H](OC(C)=O)[C@@H](OC(C)=O)[C@@H]1C. The fourth-order valence-electron chi connectivity index (χ4n) is 2.20. The Morgan fingerprint density at radius 3 is 2.11 bits per heavy atom. The summed E-state index contributed by atoms with van der Waals surface area (Å²) in [6.45, 7) is 6.25. The minimum absolute atomic E-state index is 0.161. The van der Waals surface area contributed by atoms with Crippen molar-refractivity contribution in [1.82, 2.24) is 0 Å². The maximum absolute atomic E-state index is 11.1. The highest BCUT2D eigenvalue weighted by molar-refractivity contribution is 5.67. The summed E-state index contributed by atoms with van der Waals surface area (Å²) in [6, 6.07) is 0.